The first-order chi connectivity index (χ1) is 8.11. The quantitative estimate of drug-likeness (QED) is 0.754. The Morgan fingerprint density at radius 3 is 2.71 bits per heavy atom. The number of hydrogen-bond donors (Lipinski definition) is 1. The first-order valence-electron chi connectivity index (χ1n) is 6.87. The molecule has 0 spiro atoms. The van der Waals surface area contributed by atoms with Gasteiger partial charge < -0.3 is 15.5 Å². The first-order valence-corrected chi connectivity index (χ1v) is 6.87. The number of piperidine rings is 1. The van der Waals surface area contributed by atoms with Gasteiger partial charge in [-0.3, -0.25) is 0 Å². The highest BCUT2D eigenvalue weighted by Gasteiger charge is 2.34. The van der Waals surface area contributed by atoms with E-state index >= 15 is 0 Å². The standard InChI is InChI=1S/C13H25N3O/c1-10-4-3-5-15(8-10)13(17)16-9-12(7-14)6-11(16)2/h10-12H,3-9,14H2,1-2H3. The third-order valence-corrected chi connectivity index (χ3v) is 4.17. The summed E-state index contributed by atoms with van der Waals surface area (Å²) in [7, 11) is 0. The Bertz CT molecular complexity index is 282. The van der Waals surface area contributed by atoms with Crippen LogP contribution in [0.4, 0.5) is 4.79 Å². The second-order valence-electron chi connectivity index (χ2n) is 5.81. The lowest BCUT2D eigenvalue weighted by atomic mass is 10.0. The van der Waals surface area contributed by atoms with E-state index in [0.29, 0.717) is 24.4 Å². The highest BCUT2D eigenvalue weighted by atomic mass is 16.2. The lowest BCUT2D eigenvalue weighted by Crippen LogP contribution is -2.48. The molecule has 2 saturated heterocycles. The van der Waals surface area contributed by atoms with Crippen molar-refractivity contribution >= 4 is 6.03 Å². The third-order valence-electron chi connectivity index (χ3n) is 4.17. The minimum Gasteiger partial charge on any atom is -0.330 e. The molecule has 0 aliphatic carbocycles. The van der Waals surface area contributed by atoms with Crippen molar-refractivity contribution in [1.82, 2.24) is 9.80 Å². The molecule has 0 saturated carbocycles. The molecule has 0 bridgehead atoms. The van der Waals surface area contributed by atoms with Gasteiger partial charge >= 0.3 is 6.03 Å². The molecule has 2 heterocycles. The van der Waals surface area contributed by atoms with Gasteiger partial charge in [0.15, 0.2) is 0 Å². The van der Waals surface area contributed by atoms with Gasteiger partial charge in [-0.1, -0.05) is 6.92 Å². The van der Waals surface area contributed by atoms with Crippen molar-refractivity contribution in [2.75, 3.05) is 26.2 Å². The molecular weight excluding hydrogens is 214 g/mol. The molecule has 0 aromatic carbocycles. The van der Waals surface area contributed by atoms with E-state index in [2.05, 4.69) is 13.8 Å². The van der Waals surface area contributed by atoms with Crippen molar-refractivity contribution in [2.45, 2.75) is 39.2 Å². The van der Waals surface area contributed by atoms with E-state index in [-0.39, 0.29) is 6.03 Å². The van der Waals surface area contributed by atoms with Crippen LogP contribution < -0.4 is 5.73 Å². The molecule has 2 fully saturated rings. The fraction of sp³-hybridized carbons (Fsp3) is 0.923. The smallest absolute Gasteiger partial charge is 0.320 e. The maximum absolute atomic E-state index is 12.4. The third kappa shape index (κ3) is 2.73. The molecule has 2 amide bonds. The van der Waals surface area contributed by atoms with E-state index in [1.165, 1.54) is 6.42 Å². The zero-order chi connectivity index (χ0) is 12.4. The molecule has 2 N–H and O–H groups in total. The van der Waals surface area contributed by atoms with Crippen molar-refractivity contribution < 1.29 is 4.79 Å². The molecule has 2 aliphatic heterocycles. The molecule has 4 nitrogen and oxygen atoms in total. The van der Waals surface area contributed by atoms with E-state index in [4.69, 9.17) is 5.73 Å². The Kier molecular flexibility index (Phi) is 3.92. The summed E-state index contributed by atoms with van der Waals surface area (Å²) in [4.78, 5) is 16.5. The van der Waals surface area contributed by atoms with Crippen LogP contribution in [0.2, 0.25) is 0 Å². The van der Waals surface area contributed by atoms with Crippen molar-refractivity contribution in [2.24, 2.45) is 17.6 Å². The van der Waals surface area contributed by atoms with Crippen molar-refractivity contribution in [3.63, 3.8) is 0 Å². The van der Waals surface area contributed by atoms with Gasteiger partial charge in [-0.15, -0.1) is 0 Å². The molecule has 98 valence electrons. The Morgan fingerprint density at radius 2 is 2.12 bits per heavy atom. The summed E-state index contributed by atoms with van der Waals surface area (Å²) in [6.45, 7) is 7.78. The molecule has 4 heteroatoms. The Balaban J connectivity index is 1.95. The van der Waals surface area contributed by atoms with Crippen LogP contribution in [-0.2, 0) is 0 Å². The number of urea groups is 1. The van der Waals surface area contributed by atoms with Gasteiger partial charge in [0, 0.05) is 25.7 Å². The van der Waals surface area contributed by atoms with Crippen molar-refractivity contribution in [3.8, 4) is 0 Å². The summed E-state index contributed by atoms with van der Waals surface area (Å²) in [5, 5.41) is 0. The van der Waals surface area contributed by atoms with Crippen LogP contribution in [0.1, 0.15) is 33.1 Å². The summed E-state index contributed by atoms with van der Waals surface area (Å²) < 4.78 is 0. The van der Waals surface area contributed by atoms with Crippen LogP contribution >= 0.6 is 0 Å². The van der Waals surface area contributed by atoms with Crippen LogP contribution in [0, 0.1) is 11.8 Å². The number of nitrogens with two attached hydrogens (primary N) is 1. The normalized spacial score (nSPS) is 34.2. The van der Waals surface area contributed by atoms with E-state index < -0.39 is 0 Å². The predicted octanol–water partition coefficient (Wildman–Crippen LogP) is 1.51. The van der Waals surface area contributed by atoms with Gasteiger partial charge in [0.05, 0.1) is 0 Å². The Morgan fingerprint density at radius 1 is 1.35 bits per heavy atom. The first kappa shape index (κ1) is 12.7. The molecule has 3 unspecified atom stereocenters. The van der Waals surface area contributed by atoms with E-state index in [1.807, 2.05) is 9.80 Å². The highest BCUT2D eigenvalue weighted by molar-refractivity contribution is 5.75. The lowest BCUT2D eigenvalue weighted by molar-refractivity contribution is 0.128. The maximum atomic E-state index is 12.4. The molecule has 0 radical (unpaired) electrons. The fourth-order valence-corrected chi connectivity index (χ4v) is 3.12. The van der Waals surface area contributed by atoms with Gasteiger partial charge in [0.2, 0.25) is 0 Å². The Labute approximate surface area is 104 Å². The largest absolute Gasteiger partial charge is 0.330 e. The molecule has 3 atom stereocenters. The van der Waals surface area contributed by atoms with Gasteiger partial charge in [-0.2, -0.15) is 0 Å². The van der Waals surface area contributed by atoms with Crippen LogP contribution in [0.3, 0.4) is 0 Å². The second kappa shape index (κ2) is 5.25. The fourth-order valence-electron chi connectivity index (χ4n) is 3.12. The molecule has 17 heavy (non-hydrogen) atoms. The summed E-state index contributed by atoms with van der Waals surface area (Å²) in [6.07, 6.45) is 3.46. The molecular formula is C13H25N3O. The number of carbonyl (C=O) groups is 1. The molecule has 2 aliphatic rings. The maximum Gasteiger partial charge on any atom is 0.320 e. The van der Waals surface area contributed by atoms with Gasteiger partial charge in [-0.25, -0.2) is 4.79 Å². The molecule has 2 rings (SSSR count). The SMILES string of the molecule is CC1CCCN(C(=O)N2CC(CN)CC2C)C1. The number of nitrogens with zero attached hydrogens (tertiary/aromatic N) is 2. The minimum absolute atomic E-state index is 0.236. The summed E-state index contributed by atoms with van der Waals surface area (Å²) in [5.41, 5.74) is 5.71. The average Bonchev–Trinajstić information content (AvgIpc) is 2.69. The number of rotatable bonds is 1. The van der Waals surface area contributed by atoms with E-state index in [0.717, 1.165) is 32.5 Å². The van der Waals surface area contributed by atoms with Crippen LogP contribution in [-0.4, -0.2) is 48.1 Å². The van der Waals surface area contributed by atoms with Gasteiger partial charge in [-0.05, 0) is 44.6 Å². The predicted molar refractivity (Wildman–Crippen MR) is 68.7 cm³/mol. The van der Waals surface area contributed by atoms with Crippen LogP contribution in [0.25, 0.3) is 0 Å². The topological polar surface area (TPSA) is 49.6 Å². The summed E-state index contributed by atoms with van der Waals surface area (Å²) in [5.74, 6) is 1.15. The second-order valence-corrected chi connectivity index (χ2v) is 5.81. The van der Waals surface area contributed by atoms with Gasteiger partial charge in [0.1, 0.15) is 0 Å². The summed E-state index contributed by atoms with van der Waals surface area (Å²) in [6, 6.07) is 0.591. The lowest BCUT2D eigenvalue weighted by Gasteiger charge is -2.35. The van der Waals surface area contributed by atoms with E-state index in [1.54, 1.807) is 0 Å². The zero-order valence-electron chi connectivity index (χ0n) is 11.1. The number of amides is 2. The molecule has 0 aromatic rings. The van der Waals surface area contributed by atoms with Gasteiger partial charge in [0.25, 0.3) is 0 Å². The number of likely N-dealkylation sites (tertiary alicyclic amines) is 2. The average molecular weight is 239 g/mol. The van der Waals surface area contributed by atoms with E-state index in [9.17, 15) is 4.79 Å². The van der Waals surface area contributed by atoms with Crippen LogP contribution in [0.15, 0.2) is 0 Å². The monoisotopic (exact) mass is 239 g/mol. The van der Waals surface area contributed by atoms with Crippen molar-refractivity contribution in [3.05, 3.63) is 0 Å². The Hall–Kier alpha value is -0.770. The zero-order valence-corrected chi connectivity index (χ0v) is 11.1. The molecule has 0 aromatic heterocycles. The minimum atomic E-state index is 0.236. The van der Waals surface area contributed by atoms with Crippen LogP contribution in [0.5, 0.6) is 0 Å². The number of carbonyl (C=O) groups excluding carboxylic acids is 1. The number of hydrogen-bond acceptors (Lipinski definition) is 2. The highest BCUT2D eigenvalue weighted by Crippen LogP contribution is 2.25. The van der Waals surface area contributed by atoms with Crippen molar-refractivity contribution in [1.29, 1.82) is 0 Å². The summed E-state index contributed by atoms with van der Waals surface area (Å²) >= 11 is 0.